The predicted molar refractivity (Wildman–Crippen MR) is 71.5 cm³/mol. The number of methoxy groups -OCH3 is 1. The van der Waals surface area contributed by atoms with Crippen molar-refractivity contribution in [2.45, 2.75) is 25.7 Å². The molecule has 1 aromatic rings. The van der Waals surface area contributed by atoms with E-state index in [9.17, 15) is 9.59 Å². The van der Waals surface area contributed by atoms with Gasteiger partial charge in [0, 0.05) is 18.9 Å². The summed E-state index contributed by atoms with van der Waals surface area (Å²) in [7, 11) is 1.61. The van der Waals surface area contributed by atoms with E-state index < -0.39 is 5.41 Å². The number of ether oxygens (including phenoxy) is 1. The molecular formula is C15H19NO3. The van der Waals surface area contributed by atoms with Gasteiger partial charge in [-0.15, -0.1) is 0 Å². The number of imide groups is 1. The second-order valence-corrected chi connectivity index (χ2v) is 5.08. The minimum absolute atomic E-state index is 0.212. The van der Waals surface area contributed by atoms with E-state index in [1.807, 2.05) is 37.3 Å². The highest BCUT2D eigenvalue weighted by Crippen LogP contribution is 2.44. The molecule has 1 N–H and O–H groups in total. The van der Waals surface area contributed by atoms with Crippen LogP contribution in [0.1, 0.15) is 31.2 Å². The largest absolute Gasteiger partial charge is 0.384 e. The van der Waals surface area contributed by atoms with Crippen LogP contribution in [0.3, 0.4) is 0 Å². The Bertz CT molecular complexity index is 472. The third-order valence-electron chi connectivity index (χ3n) is 3.92. The van der Waals surface area contributed by atoms with Gasteiger partial charge in [-0.1, -0.05) is 37.3 Å². The molecule has 1 saturated heterocycles. The number of piperidine rings is 1. The van der Waals surface area contributed by atoms with Crippen molar-refractivity contribution in [3.63, 3.8) is 0 Å². The lowest BCUT2D eigenvalue weighted by atomic mass is 9.66. The molecule has 2 unspecified atom stereocenters. The molecule has 0 saturated carbocycles. The summed E-state index contributed by atoms with van der Waals surface area (Å²) in [5.74, 6) is -0.770. The van der Waals surface area contributed by atoms with E-state index >= 15 is 0 Å². The maximum Gasteiger partial charge on any atom is 0.234 e. The molecule has 4 nitrogen and oxygen atoms in total. The van der Waals surface area contributed by atoms with E-state index in [1.54, 1.807) is 7.11 Å². The molecule has 4 heteroatoms. The van der Waals surface area contributed by atoms with E-state index in [4.69, 9.17) is 4.74 Å². The van der Waals surface area contributed by atoms with Crippen molar-refractivity contribution in [3.8, 4) is 0 Å². The molecule has 2 amide bonds. The molecule has 0 bridgehead atoms. The van der Waals surface area contributed by atoms with Crippen LogP contribution in [0.25, 0.3) is 0 Å². The molecule has 102 valence electrons. The Morgan fingerprint density at radius 2 is 2.00 bits per heavy atom. The SMILES string of the molecule is CCC1(COC)CC(=O)NC(=O)C1c1ccccc1. The molecule has 0 aliphatic carbocycles. The van der Waals surface area contributed by atoms with Gasteiger partial charge in [-0.25, -0.2) is 0 Å². The fourth-order valence-electron chi connectivity index (χ4n) is 2.96. The summed E-state index contributed by atoms with van der Waals surface area (Å²) in [4.78, 5) is 24.0. The van der Waals surface area contributed by atoms with Crippen molar-refractivity contribution >= 4 is 11.8 Å². The minimum atomic E-state index is -0.449. The summed E-state index contributed by atoms with van der Waals surface area (Å²) in [6.07, 6.45) is 1.04. The van der Waals surface area contributed by atoms with Crippen LogP contribution < -0.4 is 5.32 Å². The fraction of sp³-hybridized carbons (Fsp3) is 0.467. The van der Waals surface area contributed by atoms with Crippen LogP contribution >= 0.6 is 0 Å². The van der Waals surface area contributed by atoms with E-state index in [2.05, 4.69) is 5.32 Å². The Morgan fingerprint density at radius 3 is 2.58 bits per heavy atom. The first-order valence-electron chi connectivity index (χ1n) is 6.50. The monoisotopic (exact) mass is 261 g/mol. The fourth-order valence-corrected chi connectivity index (χ4v) is 2.96. The van der Waals surface area contributed by atoms with Gasteiger partial charge in [0.05, 0.1) is 12.5 Å². The molecule has 2 atom stereocenters. The number of hydrogen-bond donors (Lipinski definition) is 1. The van der Waals surface area contributed by atoms with Gasteiger partial charge in [-0.3, -0.25) is 14.9 Å². The molecule has 1 aromatic carbocycles. The first kappa shape index (κ1) is 13.7. The van der Waals surface area contributed by atoms with Gasteiger partial charge in [-0.2, -0.15) is 0 Å². The molecule has 1 aliphatic rings. The first-order valence-corrected chi connectivity index (χ1v) is 6.50. The molecule has 1 heterocycles. The Morgan fingerprint density at radius 1 is 1.32 bits per heavy atom. The maximum absolute atomic E-state index is 12.3. The van der Waals surface area contributed by atoms with Crippen LogP contribution in [0.15, 0.2) is 30.3 Å². The van der Waals surface area contributed by atoms with E-state index in [1.165, 1.54) is 0 Å². The lowest BCUT2D eigenvalue weighted by Gasteiger charge is -2.41. The first-order chi connectivity index (χ1) is 9.13. The maximum atomic E-state index is 12.3. The molecule has 0 radical (unpaired) electrons. The average molecular weight is 261 g/mol. The van der Waals surface area contributed by atoms with E-state index in [0.717, 1.165) is 12.0 Å². The average Bonchev–Trinajstić information content (AvgIpc) is 2.39. The third kappa shape index (κ3) is 2.54. The number of hydrogen-bond acceptors (Lipinski definition) is 3. The van der Waals surface area contributed by atoms with Crippen molar-refractivity contribution in [1.82, 2.24) is 5.32 Å². The molecule has 0 aromatic heterocycles. The summed E-state index contributed by atoms with van der Waals surface area (Å²) in [5.41, 5.74) is 0.488. The topological polar surface area (TPSA) is 55.4 Å². The van der Waals surface area contributed by atoms with Crippen LogP contribution in [-0.4, -0.2) is 25.5 Å². The normalized spacial score (nSPS) is 27.2. The van der Waals surface area contributed by atoms with Gasteiger partial charge in [0.15, 0.2) is 0 Å². The van der Waals surface area contributed by atoms with Crippen LogP contribution in [0.4, 0.5) is 0 Å². The van der Waals surface area contributed by atoms with Crippen LogP contribution in [-0.2, 0) is 14.3 Å². The smallest absolute Gasteiger partial charge is 0.234 e. The van der Waals surface area contributed by atoms with Crippen molar-refractivity contribution in [2.24, 2.45) is 5.41 Å². The van der Waals surface area contributed by atoms with E-state index in [-0.39, 0.29) is 17.7 Å². The summed E-state index contributed by atoms with van der Waals surface area (Å²) in [6.45, 7) is 2.41. The van der Waals surface area contributed by atoms with Crippen LogP contribution in [0.2, 0.25) is 0 Å². The van der Waals surface area contributed by atoms with Gasteiger partial charge in [0.1, 0.15) is 0 Å². The number of rotatable bonds is 4. The molecular weight excluding hydrogens is 242 g/mol. The highest BCUT2D eigenvalue weighted by molar-refractivity contribution is 6.02. The Kier molecular flexibility index (Phi) is 4.00. The third-order valence-corrected chi connectivity index (χ3v) is 3.92. The number of carbonyl (C=O) groups excluding carboxylic acids is 2. The highest BCUT2D eigenvalue weighted by Gasteiger charge is 2.48. The summed E-state index contributed by atoms with van der Waals surface area (Å²) in [5, 5.41) is 2.44. The summed E-state index contributed by atoms with van der Waals surface area (Å²) < 4.78 is 5.29. The Labute approximate surface area is 113 Å². The molecule has 1 fully saturated rings. The van der Waals surface area contributed by atoms with Gasteiger partial charge in [0.25, 0.3) is 0 Å². The van der Waals surface area contributed by atoms with Crippen LogP contribution in [0.5, 0.6) is 0 Å². The quantitative estimate of drug-likeness (QED) is 0.842. The molecule has 19 heavy (non-hydrogen) atoms. The van der Waals surface area contributed by atoms with E-state index in [0.29, 0.717) is 13.0 Å². The highest BCUT2D eigenvalue weighted by atomic mass is 16.5. The van der Waals surface area contributed by atoms with Crippen LogP contribution in [0, 0.1) is 5.41 Å². The Hall–Kier alpha value is -1.68. The number of benzene rings is 1. The second kappa shape index (κ2) is 5.53. The van der Waals surface area contributed by atoms with Crippen molar-refractivity contribution < 1.29 is 14.3 Å². The van der Waals surface area contributed by atoms with Gasteiger partial charge in [-0.05, 0) is 12.0 Å². The number of nitrogens with one attached hydrogen (secondary N) is 1. The molecule has 0 spiro atoms. The number of amides is 2. The Balaban J connectivity index is 2.45. The van der Waals surface area contributed by atoms with Crippen molar-refractivity contribution in [3.05, 3.63) is 35.9 Å². The molecule has 2 rings (SSSR count). The summed E-state index contributed by atoms with van der Waals surface area (Å²) in [6, 6.07) is 9.60. The zero-order valence-electron chi connectivity index (χ0n) is 11.3. The summed E-state index contributed by atoms with van der Waals surface area (Å²) >= 11 is 0. The zero-order chi connectivity index (χ0) is 13.9. The van der Waals surface area contributed by atoms with Gasteiger partial charge < -0.3 is 4.74 Å². The molecule has 1 aliphatic heterocycles. The lowest BCUT2D eigenvalue weighted by molar-refractivity contribution is -0.142. The van der Waals surface area contributed by atoms with Gasteiger partial charge in [0.2, 0.25) is 11.8 Å². The van der Waals surface area contributed by atoms with Crippen molar-refractivity contribution in [2.75, 3.05) is 13.7 Å². The predicted octanol–water partition coefficient (Wildman–Crippen LogP) is 1.86. The lowest BCUT2D eigenvalue weighted by Crippen LogP contribution is -2.52. The second-order valence-electron chi connectivity index (χ2n) is 5.08. The number of carbonyl (C=O) groups is 2. The van der Waals surface area contributed by atoms with Gasteiger partial charge >= 0.3 is 0 Å². The van der Waals surface area contributed by atoms with Crippen molar-refractivity contribution in [1.29, 1.82) is 0 Å². The minimum Gasteiger partial charge on any atom is -0.384 e. The standard InChI is InChI=1S/C15H19NO3/c1-3-15(10-19-2)9-12(17)16-14(18)13(15)11-7-5-4-6-8-11/h4-8,13H,3,9-10H2,1-2H3,(H,16,17,18). The zero-order valence-corrected chi connectivity index (χ0v) is 11.3.